The summed E-state index contributed by atoms with van der Waals surface area (Å²) in [5, 5.41) is 12.4. The van der Waals surface area contributed by atoms with Crippen LogP contribution >= 0.6 is 0 Å². The summed E-state index contributed by atoms with van der Waals surface area (Å²) in [6, 6.07) is 0.505. The van der Waals surface area contributed by atoms with E-state index in [9.17, 15) is 9.90 Å². The number of morpholine rings is 1. The molecular formula is C39H64N2O8. The van der Waals surface area contributed by atoms with E-state index in [-0.39, 0.29) is 71.2 Å². The third-order valence-corrected chi connectivity index (χ3v) is 15.8. The van der Waals surface area contributed by atoms with Gasteiger partial charge in [0.15, 0.2) is 6.29 Å². The number of ether oxygens (including phenoxy) is 6. The lowest BCUT2D eigenvalue weighted by Crippen LogP contribution is -2.67. The molecule has 12 unspecified atom stereocenters. The fourth-order valence-corrected chi connectivity index (χ4v) is 13.2. The molecule has 4 saturated carbocycles. The summed E-state index contributed by atoms with van der Waals surface area (Å²) in [5.74, 6) is 1.07. The molecule has 3 N–H and O–H groups in total. The van der Waals surface area contributed by atoms with Crippen molar-refractivity contribution in [3.05, 3.63) is 0 Å². The number of hydrogen-bond donors (Lipinski definition) is 2. The van der Waals surface area contributed by atoms with Gasteiger partial charge in [0.2, 0.25) is 0 Å². The molecule has 8 aliphatic rings. The summed E-state index contributed by atoms with van der Waals surface area (Å²) in [7, 11) is 0. The van der Waals surface area contributed by atoms with Gasteiger partial charge in [-0.15, -0.1) is 0 Å². The summed E-state index contributed by atoms with van der Waals surface area (Å²) in [6.45, 7) is 15.2. The van der Waals surface area contributed by atoms with Gasteiger partial charge in [0.1, 0.15) is 6.61 Å². The van der Waals surface area contributed by atoms with Crippen LogP contribution in [0.1, 0.15) is 98.3 Å². The molecule has 278 valence electrons. The Kier molecular flexibility index (Phi) is 9.50. The van der Waals surface area contributed by atoms with Gasteiger partial charge in [-0.3, -0.25) is 9.69 Å². The normalized spacial score (nSPS) is 49.1. The molecule has 10 nitrogen and oxygen atoms in total. The maximum Gasteiger partial charge on any atom is 0.309 e. The minimum absolute atomic E-state index is 0.0217. The zero-order valence-electron chi connectivity index (χ0n) is 30.6. The van der Waals surface area contributed by atoms with Crippen LogP contribution in [0.2, 0.25) is 0 Å². The first-order valence-corrected chi connectivity index (χ1v) is 19.9. The maximum atomic E-state index is 12.8. The van der Waals surface area contributed by atoms with Crippen molar-refractivity contribution in [3.8, 4) is 0 Å². The van der Waals surface area contributed by atoms with Gasteiger partial charge in [-0.05, 0) is 104 Å². The lowest BCUT2D eigenvalue weighted by molar-refractivity contribution is -0.259. The number of aliphatic hydroxyl groups is 1. The second-order valence-corrected chi connectivity index (χ2v) is 18.5. The highest BCUT2D eigenvalue weighted by atomic mass is 16.7. The number of carbonyl (C=O) groups is 1. The standard InChI is InChI=1S/C39H64N2O8/c1-24-18-28(23-47-35(43)25-9-15-44-16-10-25)48-33-32(24)37(4)11-5-12-38-13-8-30(49-31-20-41(14-17-46-31)27-21-45-22-27)36(2,3)29(38)7-6-26(19-38)39(37,40)34(33)42/h24-34,42H,5-23,40H2,1-4H3. The quantitative estimate of drug-likeness (QED) is 0.391. The molecule has 8 fully saturated rings. The Bertz CT molecular complexity index is 1210. The zero-order chi connectivity index (χ0) is 34.2. The zero-order valence-corrected chi connectivity index (χ0v) is 30.6. The average molecular weight is 689 g/mol. The monoisotopic (exact) mass is 688 g/mol. The molecule has 12 atom stereocenters. The topological polar surface area (TPSA) is 122 Å². The number of nitrogens with two attached hydrogens (primary N) is 1. The van der Waals surface area contributed by atoms with E-state index in [0.717, 1.165) is 97.1 Å². The Morgan fingerprint density at radius 3 is 2.55 bits per heavy atom. The van der Waals surface area contributed by atoms with Crippen molar-refractivity contribution in [2.24, 2.45) is 51.6 Å². The number of nitrogens with zero attached hydrogens (tertiary/aromatic N) is 1. The average Bonchev–Trinajstić information content (AvgIpc) is 3.23. The minimum Gasteiger partial charge on any atom is -0.463 e. The van der Waals surface area contributed by atoms with Crippen molar-refractivity contribution in [3.63, 3.8) is 0 Å². The van der Waals surface area contributed by atoms with Crippen LogP contribution in [-0.2, 0) is 33.2 Å². The first kappa shape index (κ1) is 35.2. The van der Waals surface area contributed by atoms with Crippen LogP contribution in [0.3, 0.4) is 0 Å². The molecule has 0 aromatic heterocycles. The van der Waals surface area contributed by atoms with Gasteiger partial charge in [0, 0.05) is 19.8 Å². The largest absolute Gasteiger partial charge is 0.463 e. The summed E-state index contributed by atoms with van der Waals surface area (Å²) in [4.78, 5) is 15.3. The van der Waals surface area contributed by atoms with Crippen LogP contribution in [0.4, 0.5) is 0 Å². The molecule has 0 aromatic carbocycles. The molecule has 8 rings (SSSR count). The van der Waals surface area contributed by atoms with Crippen molar-refractivity contribution in [2.75, 3.05) is 52.7 Å². The number of carbonyl (C=O) groups excluding carboxylic acids is 1. The van der Waals surface area contributed by atoms with E-state index in [1.54, 1.807) is 0 Å². The number of esters is 1. The number of rotatable bonds is 6. The molecule has 2 bridgehead atoms. The van der Waals surface area contributed by atoms with Crippen molar-refractivity contribution in [1.29, 1.82) is 0 Å². The molecule has 0 aromatic rings. The molecule has 0 radical (unpaired) electrons. The van der Waals surface area contributed by atoms with Gasteiger partial charge in [0.05, 0.1) is 68.3 Å². The Morgan fingerprint density at radius 2 is 1.80 bits per heavy atom. The summed E-state index contributed by atoms with van der Waals surface area (Å²) >= 11 is 0. The predicted molar refractivity (Wildman–Crippen MR) is 182 cm³/mol. The van der Waals surface area contributed by atoms with E-state index >= 15 is 0 Å². The van der Waals surface area contributed by atoms with Gasteiger partial charge in [0.25, 0.3) is 0 Å². The van der Waals surface area contributed by atoms with Gasteiger partial charge < -0.3 is 39.3 Å². The predicted octanol–water partition coefficient (Wildman–Crippen LogP) is 4.29. The Labute approximate surface area is 293 Å². The van der Waals surface area contributed by atoms with E-state index in [4.69, 9.17) is 34.2 Å². The highest BCUT2D eigenvalue weighted by molar-refractivity contribution is 5.72. The van der Waals surface area contributed by atoms with Crippen LogP contribution in [0.5, 0.6) is 0 Å². The molecule has 4 saturated heterocycles. The molecule has 10 heteroatoms. The molecule has 4 heterocycles. The molecule has 4 aliphatic heterocycles. The minimum atomic E-state index is -0.740. The highest BCUT2D eigenvalue weighted by Crippen LogP contribution is 2.69. The molecule has 49 heavy (non-hydrogen) atoms. The van der Waals surface area contributed by atoms with Crippen molar-refractivity contribution in [2.45, 2.75) is 141 Å². The van der Waals surface area contributed by atoms with Crippen LogP contribution < -0.4 is 5.73 Å². The maximum absolute atomic E-state index is 12.8. The second-order valence-electron chi connectivity index (χ2n) is 18.5. The third-order valence-electron chi connectivity index (χ3n) is 15.8. The third kappa shape index (κ3) is 5.76. The van der Waals surface area contributed by atoms with Crippen molar-refractivity contribution in [1.82, 2.24) is 4.90 Å². The van der Waals surface area contributed by atoms with Crippen LogP contribution in [0, 0.1) is 45.8 Å². The number of fused-ring (bicyclic) bond motifs is 5. The number of hydrogen-bond acceptors (Lipinski definition) is 10. The first-order valence-electron chi connectivity index (χ1n) is 19.9. The van der Waals surface area contributed by atoms with Crippen molar-refractivity contribution < 1.29 is 38.3 Å². The summed E-state index contributed by atoms with van der Waals surface area (Å²) < 4.78 is 36.6. The molecule has 0 amide bonds. The Hall–Kier alpha value is -0.850. The molecule has 1 spiro atoms. The van der Waals surface area contributed by atoms with Crippen molar-refractivity contribution >= 4 is 5.97 Å². The van der Waals surface area contributed by atoms with Crippen LogP contribution in [0.15, 0.2) is 0 Å². The van der Waals surface area contributed by atoms with E-state index < -0.39 is 11.6 Å². The van der Waals surface area contributed by atoms with E-state index in [0.29, 0.717) is 31.1 Å². The summed E-state index contributed by atoms with van der Waals surface area (Å²) in [5.41, 5.74) is 7.06. The SMILES string of the molecule is CC1CC(COC(=O)C2CCOCC2)OC2C1C1(C)CCCC34CCC(OC5CN(C6COC6)CCO5)C(C)(C)C3CCC(C4)C1(N)C2O. The Balaban J connectivity index is 0.962. The van der Waals surface area contributed by atoms with Gasteiger partial charge in [-0.2, -0.15) is 0 Å². The van der Waals surface area contributed by atoms with Gasteiger partial charge in [-0.1, -0.05) is 34.1 Å². The van der Waals surface area contributed by atoms with E-state index in [2.05, 4.69) is 32.6 Å². The lowest BCUT2D eigenvalue weighted by atomic mass is 9.43. The van der Waals surface area contributed by atoms with E-state index in [1.807, 2.05) is 0 Å². The fourth-order valence-electron chi connectivity index (χ4n) is 13.2. The van der Waals surface area contributed by atoms with Crippen LogP contribution in [0.25, 0.3) is 0 Å². The molecular weight excluding hydrogens is 624 g/mol. The number of aliphatic hydroxyl groups excluding tert-OH is 1. The highest BCUT2D eigenvalue weighted by Gasteiger charge is 2.72. The Morgan fingerprint density at radius 1 is 1.00 bits per heavy atom. The lowest BCUT2D eigenvalue weighted by Gasteiger charge is -2.64. The van der Waals surface area contributed by atoms with Crippen LogP contribution in [-0.4, -0.2) is 111 Å². The van der Waals surface area contributed by atoms with E-state index in [1.165, 1.54) is 6.42 Å². The fraction of sp³-hybridized carbons (Fsp3) is 0.974. The summed E-state index contributed by atoms with van der Waals surface area (Å²) in [6.07, 6.45) is 9.73. The smallest absolute Gasteiger partial charge is 0.309 e. The van der Waals surface area contributed by atoms with Gasteiger partial charge in [-0.25, -0.2) is 0 Å². The van der Waals surface area contributed by atoms with Gasteiger partial charge >= 0.3 is 5.97 Å². The first-order chi connectivity index (χ1) is 23.5. The molecule has 4 aliphatic carbocycles. The second kappa shape index (κ2) is 13.2.